The predicted molar refractivity (Wildman–Crippen MR) is 95.1 cm³/mol. The highest BCUT2D eigenvalue weighted by atomic mass is 32.2. The molecule has 2 heterocycles. The molecular weight excluding hydrogens is 356 g/mol. The van der Waals surface area contributed by atoms with Crippen LogP contribution in [-0.4, -0.2) is 61.3 Å². The van der Waals surface area contributed by atoms with E-state index in [1.165, 1.54) is 33.5 Å². The van der Waals surface area contributed by atoms with Crippen LogP contribution in [0.15, 0.2) is 29.2 Å². The Hall–Kier alpha value is -1.93. The minimum absolute atomic E-state index is 0.162. The monoisotopic (exact) mass is 380 g/mol. The number of esters is 1. The van der Waals surface area contributed by atoms with E-state index in [1.54, 1.807) is 13.8 Å². The lowest BCUT2D eigenvalue weighted by atomic mass is 10.00. The molecule has 142 valence electrons. The van der Waals surface area contributed by atoms with Crippen LogP contribution in [0.25, 0.3) is 0 Å². The predicted octanol–water partition coefficient (Wildman–Crippen LogP) is 1.64. The number of morpholine rings is 1. The maximum absolute atomic E-state index is 12.8. The number of rotatable bonds is 3. The molecule has 0 N–H and O–H groups in total. The molecule has 0 aliphatic carbocycles. The van der Waals surface area contributed by atoms with E-state index in [9.17, 15) is 18.0 Å². The fourth-order valence-corrected chi connectivity index (χ4v) is 4.85. The number of carbonyl (C=O) groups is 2. The van der Waals surface area contributed by atoms with Gasteiger partial charge in [0, 0.05) is 18.7 Å². The van der Waals surface area contributed by atoms with Crippen LogP contribution in [-0.2, 0) is 19.6 Å². The molecule has 0 bridgehead atoms. The highest BCUT2D eigenvalue weighted by molar-refractivity contribution is 7.89. The maximum atomic E-state index is 12.8. The molecule has 0 radical (unpaired) electrons. The summed E-state index contributed by atoms with van der Waals surface area (Å²) in [6.45, 7) is 4.82. The summed E-state index contributed by atoms with van der Waals surface area (Å²) in [5, 5.41) is 0. The van der Waals surface area contributed by atoms with Gasteiger partial charge in [0.25, 0.3) is 5.91 Å². The molecule has 0 spiro atoms. The fraction of sp³-hybridized carbons (Fsp3) is 0.556. The zero-order valence-electron chi connectivity index (χ0n) is 15.1. The summed E-state index contributed by atoms with van der Waals surface area (Å²) in [4.78, 5) is 26.4. The smallest absolute Gasteiger partial charge is 0.331 e. The van der Waals surface area contributed by atoms with Gasteiger partial charge in [-0.25, -0.2) is 13.2 Å². The molecule has 1 aromatic rings. The number of hydrogen-bond acceptors (Lipinski definition) is 5. The standard InChI is InChI=1S/C18H24N2O5S/c1-18(2)17(22)25-13-12-20(18)16(21)14-6-8-15(9-7-14)26(23,24)19-10-4-3-5-11-19/h6-9H,3-5,10-13H2,1-2H3. The van der Waals surface area contributed by atoms with Gasteiger partial charge in [0.1, 0.15) is 12.1 Å². The van der Waals surface area contributed by atoms with Crippen LogP contribution in [0.3, 0.4) is 0 Å². The van der Waals surface area contributed by atoms with Crippen molar-refractivity contribution in [2.75, 3.05) is 26.2 Å². The summed E-state index contributed by atoms with van der Waals surface area (Å²) in [7, 11) is -3.53. The van der Waals surface area contributed by atoms with Crippen molar-refractivity contribution in [3.8, 4) is 0 Å². The zero-order valence-corrected chi connectivity index (χ0v) is 15.9. The van der Waals surface area contributed by atoms with Gasteiger partial charge in [-0.05, 0) is 51.0 Å². The number of ether oxygens (including phenoxy) is 1. The van der Waals surface area contributed by atoms with Gasteiger partial charge >= 0.3 is 5.97 Å². The Bertz CT molecular complexity index is 795. The second kappa shape index (κ2) is 7.00. The first-order chi connectivity index (χ1) is 12.2. The van der Waals surface area contributed by atoms with Crippen LogP contribution in [0.1, 0.15) is 43.5 Å². The van der Waals surface area contributed by atoms with E-state index < -0.39 is 21.5 Å². The molecular formula is C18H24N2O5S. The summed E-state index contributed by atoms with van der Waals surface area (Å²) < 4.78 is 31.9. The summed E-state index contributed by atoms with van der Waals surface area (Å²) in [5.74, 6) is -0.755. The van der Waals surface area contributed by atoms with E-state index in [1.807, 2.05) is 0 Å². The first kappa shape index (κ1) is 18.8. The van der Waals surface area contributed by atoms with Crippen LogP contribution in [0.4, 0.5) is 0 Å². The number of cyclic esters (lactones) is 1. The molecule has 1 aromatic carbocycles. The number of benzene rings is 1. The van der Waals surface area contributed by atoms with E-state index in [0.29, 0.717) is 25.2 Å². The summed E-state index contributed by atoms with van der Waals surface area (Å²) in [6, 6.07) is 5.95. The van der Waals surface area contributed by atoms with Gasteiger partial charge in [-0.3, -0.25) is 4.79 Å². The van der Waals surface area contributed by atoms with Crippen LogP contribution >= 0.6 is 0 Å². The van der Waals surface area contributed by atoms with E-state index in [-0.39, 0.29) is 17.4 Å². The average molecular weight is 380 g/mol. The first-order valence-electron chi connectivity index (χ1n) is 8.84. The summed E-state index contributed by atoms with van der Waals surface area (Å²) in [6.07, 6.45) is 2.79. The third kappa shape index (κ3) is 3.35. The molecule has 2 aliphatic rings. The molecule has 1 amide bonds. The summed E-state index contributed by atoms with van der Waals surface area (Å²) in [5.41, 5.74) is -0.696. The SMILES string of the molecule is CC1(C)C(=O)OCCN1C(=O)c1ccc(S(=O)(=O)N2CCCCC2)cc1. The minimum atomic E-state index is -3.53. The van der Waals surface area contributed by atoms with Crippen molar-refractivity contribution in [2.45, 2.75) is 43.5 Å². The third-order valence-corrected chi connectivity index (χ3v) is 6.93. The quantitative estimate of drug-likeness (QED) is 0.745. The lowest BCUT2D eigenvalue weighted by Crippen LogP contribution is -2.58. The van der Waals surface area contributed by atoms with E-state index >= 15 is 0 Å². The maximum Gasteiger partial charge on any atom is 0.331 e. The van der Waals surface area contributed by atoms with E-state index in [2.05, 4.69) is 0 Å². The van der Waals surface area contributed by atoms with Crippen molar-refractivity contribution in [2.24, 2.45) is 0 Å². The fourth-order valence-electron chi connectivity index (χ4n) is 3.33. The minimum Gasteiger partial charge on any atom is -0.462 e. The van der Waals surface area contributed by atoms with Crippen LogP contribution in [0.2, 0.25) is 0 Å². The Labute approximate surface area is 154 Å². The van der Waals surface area contributed by atoms with Crippen LogP contribution < -0.4 is 0 Å². The molecule has 2 aliphatic heterocycles. The van der Waals surface area contributed by atoms with Gasteiger partial charge < -0.3 is 9.64 Å². The number of carbonyl (C=O) groups excluding carboxylic acids is 2. The average Bonchev–Trinajstić information content (AvgIpc) is 2.64. The molecule has 7 nitrogen and oxygen atoms in total. The summed E-state index contributed by atoms with van der Waals surface area (Å²) >= 11 is 0. The van der Waals surface area contributed by atoms with E-state index in [4.69, 9.17) is 4.74 Å². The number of hydrogen-bond donors (Lipinski definition) is 0. The molecule has 26 heavy (non-hydrogen) atoms. The van der Waals surface area contributed by atoms with Crippen molar-refractivity contribution in [3.05, 3.63) is 29.8 Å². The van der Waals surface area contributed by atoms with E-state index in [0.717, 1.165) is 19.3 Å². The Morgan fingerprint density at radius 1 is 1.04 bits per heavy atom. The topological polar surface area (TPSA) is 84.0 Å². The Morgan fingerprint density at radius 3 is 2.27 bits per heavy atom. The van der Waals surface area contributed by atoms with Crippen molar-refractivity contribution in [1.82, 2.24) is 9.21 Å². The van der Waals surface area contributed by atoms with Crippen molar-refractivity contribution >= 4 is 21.9 Å². The van der Waals surface area contributed by atoms with Gasteiger partial charge in [0.2, 0.25) is 10.0 Å². The number of sulfonamides is 1. The first-order valence-corrected chi connectivity index (χ1v) is 10.3. The highest BCUT2D eigenvalue weighted by Crippen LogP contribution is 2.25. The largest absolute Gasteiger partial charge is 0.462 e. The van der Waals surface area contributed by atoms with Gasteiger partial charge in [0.15, 0.2) is 0 Å². The van der Waals surface area contributed by atoms with Crippen molar-refractivity contribution in [3.63, 3.8) is 0 Å². The zero-order chi connectivity index (χ0) is 18.9. The Balaban J connectivity index is 1.81. The highest BCUT2D eigenvalue weighted by Gasteiger charge is 2.42. The van der Waals surface area contributed by atoms with Crippen LogP contribution in [0.5, 0.6) is 0 Å². The van der Waals surface area contributed by atoms with Gasteiger partial charge in [-0.1, -0.05) is 6.42 Å². The number of nitrogens with zero attached hydrogens (tertiary/aromatic N) is 2. The molecule has 0 saturated carbocycles. The normalized spacial score (nSPS) is 21.3. The van der Waals surface area contributed by atoms with Gasteiger partial charge in [0.05, 0.1) is 11.4 Å². The molecule has 2 saturated heterocycles. The number of piperidine rings is 1. The third-order valence-electron chi connectivity index (χ3n) is 5.02. The van der Waals surface area contributed by atoms with Gasteiger partial charge in [-0.15, -0.1) is 0 Å². The Kier molecular flexibility index (Phi) is 5.07. The molecule has 8 heteroatoms. The van der Waals surface area contributed by atoms with Gasteiger partial charge in [-0.2, -0.15) is 4.31 Å². The lowest BCUT2D eigenvalue weighted by molar-refractivity contribution is -0.162. The second-order valence-electron chi connectivity index (χ2n) is 7.14. The number of amides is 1. The second-order valence-corrected chi connectivity index (χ2v) is 9.08. The molecule has 0 atom stereocenters. The Morgan fingerprint density at radius 2 is 1.65 bits per heavy atom. The van der Waals surface area contributed by atoms with Crippen molar-refractivity contribution in [1.29, 1.82) is 0 Å². The molecule has 0 aromatic heterocycles. The molecule has 0 unspecified atom stereocenters. The van der Waals surface area contributed by atoms with Crippen molar-refractivity contribution < 1.29 is 22.7 Å². The molecule has 3 rings (SSSR count). The lowest BCUT2D eigenvalue weighted by Gasteiger charge is -2.40. The molecule has 2 fully saturated rings. The van der Waals surface area contributed by atoms with Crippen LogP contribution in [0, 0.1) is 0 Å².